The first-order chi connectivity index (χ1) is 8.24. The van der Waals surface area contributed by atoms with Gasteiger partial charge in [0.2, 0.25) is 5.56 Å². The number of nitrogens with two attached hydrogens (primary N) is 1. The highest BCUT2D eigenvalue weighted by Gasteiger charge is 2.34. The summed E-state index contributed by atoms with van der Waals surface area (Å²) in [5, 5.41) is 0. The second-order valence-corrected chi connectivity index (χ2v) is 4.42. The summed E-state index contributed by atoms with van der Waals surface area (Å²) >= 11 is 0. The van der Waals surface area contributed by atoms with Crippen LogP contribution >= 0.6 is 12.4 Å². The minimum atomic E-state index is -0.113. The second-order valence-electron chi connectivity index (χ2n) is 4.42. The van der Waals surface area contributed by atoms with Crippen molar-refractivity contribution in [2.75, 3.05) is 0 Å². The Morgan fingerprint density at radius 2 is 2.11 bits per heavy atom. The lowest BCUT2D eigenvalue weighted by molar-refractivity contribution is 0.981. The van der Waals surface area contributed by atoms with Gasteiger partial charge in [-0.3, -0.25) is 9.78 Å². The number of aromatic nitrogens is 2. The van der Waals surface area contributed by atoms with Crippen molar-refractivity contribution >= 4 is 12.4 Å². The molecule has 2 heterocycles. The summed E-state index contributed by atoms with van der Waals surface area (Å²) in [6.45, 7) is 0. The van der Waals surface area contributed by atoms with E-state index < -0.39 is 0 Å². The van der Waals surface area contributed by atoms with E-state index in [-0.39, 0.29) is 18.0 Å². The Morgan fingerprint density at radius 1 is 1.33 bits per heavy atom. The van der Waals surface area contributed by atoms with E-state index in [1.807, 2.05) is 24.4 Å². The van der Waals surface area contributed by atoms with Crippen molar-refractivity contribution in [2.24, 2.45) is 5.73 Å². The van der Waals surface area contributed by atoms with Gasteiger partial charge in [0, 0.05) is 36.0 Å². The maximum atomic E-state index is 11.2. The fourth-order valence-corrected chi connectivity index (χ4v) is 2.00. The van der Waals surface area contributed by atoms with Gasteiger partial charge in [-0.25, -0.2) is 0 Å². The van der Waals surface area contributed by atoms with E-state index in [2.05, 4.69) is 9.97 Å². The van der Waals surface area contributed by atoms with Gasteiger partial charge in [0.25, 0.3) is 0 Å². The number of H-pyrrole nitrogens is 1. The molecule has 1 aliphatic rings. The highest BCUT2D eigenvalue weighted by molar-refractivity contribution is 5.85. The number of hydrogen-bond acceptors (Lipinski definition) is 3. The molecule has 1 aliphatic carbocycles. The molecule has 0 aromatic carbocycles. The second kappa shape index (κ2) is 4.92. The van der Waals surface area contributed by atoms with E-state index in [4.69, 9.17) is 5.73 Å². The van der Waals surface area contributed by atoms with Crippen molar-refractivity contribution in [3.8, 4) is 11.3 Å². The average Bonchev–Trinajstić information content (AvgIpc) is 3.07. The van der Waals surface area contributed by atoms with E-state index in [1.54, 1.807) is 12.3 Å². The number of pyridine rings is 2. The van der Waals surface area contributed by atoms with Gasteiger partial charge in [-0.15, -0.1) is 12.4 Å². The third kappa shape index (κ3) is 2.44. The van der Waals surface area contributed by atoms with Crippen LogP contribution in [0, 0.1) is 0 Å². The molecular weight excluding hydrogens is 250 g/mol. The predicted octanol–water partition coefficient (Wildman–Crippen LogP) is 1.67. The number of halogens is 1. The quantitative estimate of drug-likeness (QED) is 0.866. The van der Waals surface area contributed by atoms with Gasteiger partial charge < -0.3 is 10.7 Å². The Morgan fingerprint density at radius 3 is 2.67 bits per heavy atom. The maximum Gasteiger partial charge on any atom is 0.248 e. The number of nitrogens with one attached hydrogen (secondary N) is 1. The van der Waals surface area contributed by atoms with E-state index in [0.29, 0.717) is 12.0 Å². The van der Waals surface area contributed by atoms with Crippen LogP contribution in [0.2, 0.25) is 0 Å². The molecule has 0 bridgehead atoms. The molecule has 1 fully saturated rings. The van der Waals surface area contributed by atoms with Gasteiger partial charge in [-0.05, 0) is 24.1 Å². The third-order valence-electron chi connectivity index (χ3n) is 3.13. The summed E-state index contributed by atoms with van der Waals surface area (Å²) in [4.78, 5) is 18.2. The predicted molar refractivity (Wildman–Crippen MR) is 72.9 cm³/mol. The fraction of sp³-hybridized carbons (Fsp3) is 0.231. The molecule has 1 saturated carbocycles. The van der Waals surface area contributed by atoms with Crippen molar-refractivity contribution in [1.29, 1.82) is 0 Å². The van der Waals surface area contributed by atoms with Crippen LogP contribution in [-0.2, 0) is 0 Å². The zero-order valence-corrected chi connectivity index (χ0v) is 10.5. The topological polar surface area (TPSA) is 71.8 Å². The van der Waals surface area contributed by atoms with Crippen molar-refractivity contribution in [2.45, 2.75) is 18.4 Å². The summed E-state index contributed by atoms with van der Waals surface area (Å²) in [5.74, 6) is 0.468. The Kier molecular flexibility index (Phi) is 3.50. The highest BCUT2D eigenvalue weighted by atomic mass is 35.5. The first-order valence-electron chi connectivity index (χ1n) is 5.65. The highest BCUT2D eigenvalue weighted by Crippen LogP contribution is 2.38. The molecule has 2 aromatic rings. The molecule has 5 heteroatoms. The molecule has 2 aromatic heterocycles. The van der Waals surface area contributed by atoms with Crippen molar-refractivity contribution < 1.29 is 0 Å². The Bertz CT molecular complexity index is 594. The molecule has 3 rings (SSSR count). The van der Waals surface area contributed by atoms with Crippen molar-refractivity contribution in [3.63, 3.8) is 0 Å². The van der Waals surface area contributed by atoms with Gasteiger partial charge in [0.1, 0.15) is 0 Å². The molecule has 0 spiro atoms. The molecule has 3 N–H and O–H groups in total. The van der Waals surface area contributed by atoms with Crippen LogP contribution in [0.1, 0.15) is 17.9 Å². The first kappa shape index (κ1) is 12.8. The monoisotopic (exact) mass is 263 g/mol. The Balaban J connectivity index is 0.00000120. The van der Waals surface area contributed by atoms with E-state index >= 15 is 0 Å². The van der Waals surface area contributed by atoms with Crippen molar-refractivity contribution in [3.05, 3.63) is 52.6 Å². The summed E-state index contributed by atoms with van der Waals surface area (Å²) in [6, 6.07) is 7.66. The minimum absolute atomic E-state index is 0. The van der Waals surface area contributed by atoms with Crippen LogP contribution in [0.3, 0.4) is 0 Å². The molecule has 0 saturated heterocycles. The molecule has 4 nitrogen and oxygen atoms in total. The molecular formula is C13H14ClN3O. The van der Waals surface area contributed by atoms with E-state index in [0.717, 1.165) is 17.7 Å². The summed E-state index contributed by atoms with van der Waals surface area (Å²) < 4.78 is 0. The van der Waals surface area contributed by atoms with Gasteiger partial charge in [0.05, 0.1) is 5.69 Å². The molecule has 2 atom stereocenters. The van der Waals surface area contributed by atoms with Crippen molar-refractivity contribution in [1.82, 2.24) is 9.97 Å². The lowest BCUT2D eigenvalue weighted by Gasteiger charge is -2.02. The van der Waals surface area contributed by atoms with E-state index in [9.17, 15) is 4.79 Å². The van der Waals surface area contributed by atoms with E-state index in [1.165, 1.54) is 5.56 Å². The lowest BCUT2D eigenvalue weighted by Crippen LogP contribution is -2.03. The number of hydrogen-bond donors (Lipinski definition) is 2. The normalized spacial score (nSPS) is 21.2. The van der Waals surface area contributed by atoms with Crippen LogP contribution in [-0.4, -0.2) is 16.0 Å². The van der Waals surface area contributed by atoms with Gasteiger partial charge in [0.15, 0.2) is 0 Å². The Hall–Kier alpha value is -1.65. The standard InChI is InChI=1S/C13H13N3O.ClH/c14-11-6-10(11)9-1-2-12(16-7-9)8-3-4-15-13(17)5-8;/h1-5,7,10-11H,6,14H2,(H,15,17);1H. The molecule has 0 aliphatic heterocycles. The molecule has 0 amide bonds. The van der Waals surface area contributed by atoms with Gasteiger partial charge >= 0.3 is 0 Å². The maximum absolute atomic E-state index is 11.2. The minimum Gasteiger partial charge on any atom is -0.329 e. The van der Waals surface area contributed by atoms with Gasteiger partial charge in [-0.2, -0.15) is 0 Å². The zero-order chi connectivity index (χ0) is 11.8. The smallest absolute Gasteiger partial charge is 0.248 e. The number of rotatable bonds is 2. The first-order valence-corrected chi connectivity index (χ1v) is 5.65. The van der Waals surface area contributed by atoms with Crippen LogP contribution in [0.5, 0.6) is 0 Å². The van der Waals surface area contributed by atoms with Crippen LogP contribution in [0.15, 0.2) is 41.5 Å². The van der Waals surface area contributed by atoms with Crippen LogP contribution in [0.25, 0.3) is 11.3 Å². The van der Waals surface area contributed by atoms with Crippen LogP contribution < -0.4 is 11.3 Å². The fourth-order valence-electron chi connectivity index (χ4n) is 2.00. The lowest BCUT2D eigenvalue weighted by atomic mass is 10.1. The molecule has 0 radical (unpaired) electrons. The largest absolute Gasteiger partial charge is 0.329 e. The summed E-state index contributed by atoms with van der Waals surface area (Å²) in [5.41, 5.74) is 8.51. The average molecular weight is 264 g/mol. The van der Waals surface area contributed by atoms with Crippen LogP contribution in [0.4, 0.5) is 0 Å². The third-order valence-corrected chi connectivity index (χ3v) is 3.13. The zero-order valence-electron chi connectivity index (χ0n) is 9.67. The summed E-state index contributed by atoms with van der Waals surface area (Å²) in [6.07, 6.45) is 4.53. The number of nitrogens with zero attached hydrogens (tertiary/aromatic N) is 1. The molecule has 94 valence electrons. The SMILES string of the molecule is Cl.NC1CC1c1ccc(-c2cc[nH]c(=O)c2)nc1. The molecule has 2 unspecified atom stereocenters. The van der Waals surface area contributed by atoms with Gasteiger partial charge in [-0.1, -0.05) is 6.07 Å². The summed E-state index contributed by atoms with van der Waals surface area (Å²) in [7, 11) is 0. The molecule has 18 heavy (non-hydrogen) atoms. The number of aromatic amines is 1. The Labute approximate surface area is 111 Å².